The van der Waals surface area contributed by atoms with Gasteiger partial charge in [-0.05, 0) is 41.6 Å². The molecule has 106 valence electrons. The average Bonchev–Trinajstić information content (AvgIpc) is 2.94. The van der Waals surface area contributed by atoms with Crippen LogP contribution in [0.25, 0.3) is 0 Å². The molecule has 0 aliphatic rings. The molecule has 6 heteroatoms. The van der Waals surface area contributed by atoms with E-state index >= 15 is 0 Å². The van der Waals surface area contributed by atoms with Crippen LogP contribution in [0.2, 0.25) is 5.02 Å². The Labute approximate surface area is 126 Å². The number of thiophene rings is 1. The molecule has 1 amide bonds. The number of amides is 1. The van der Waals surface area contributed by atoms with Gasteiger partial charge in [0.25, 0.3) is 5.91 Å². The van der Waals surface area contributed by atoms with E-state index in [4.69, 9.17) is 22.2 Å². The lowest BCUT2D eigenvalue weighted by Gasteiger charge is -2.09. The van der Waals surface area contributed by atoms with Gasteiger partial charge in [-0.3, -0.25) is 10.2 Å². The molecule has 0 spiro atoms. The van der Waals surface area contributed by atoms with Crippen molar-refractivity contribution in [1.82, 2.24) is 5.43 Å². The second-order valence-electron chi connectivity index (χ2n) is 4.14. The summed E-state index contributed by atoms with van der Waals surface area (Å²) in [5, 5.41) is 2.57. The molecule has 0 aliphatic carbocycles. The molecule has 0 fully saturated rings. The van der Waals surface area contributed by atoms with E-state index in [0.717, 1.165) is 28.3 Å². The SMILES string of the molecule is CCc1cc(OCc2ccsc2C(=O)NN)ccc1Cl. The van der Waals surface area contributed by atoms with E-state index in [1.165, 1.54) is 11.3 Å². The minimum atomic E-state index is -0.302. The summed E-state index contributed by atoms with van der Waals surface area (Å²) in [7, 11) is 0. The van der Waals surface area contributed by atoms with Crippen LogP contribution in [0.5, 0.6) is 5.75 Å². The number of hydrazine groups is 1. The highest BCUT2D eigenvalue weighted by Crippen LogP contribution is 2.24. The molecule has 2 rings (SSSR count). The van der Waals surface area contributed by atoms with E-state index < -0.39 is 0 Å². The molecule has 20 heavy (non-hydrogen) atoms. The van der Waals surface area contributed by atoms with E-state index in [9.17, 15) is 4.79 Å². The molecule has 2 aromatic rings. The summed E-state index contributed by atoms with van der Waals surface area (Å²) in [5.74, 6) is 5.58. The van der Waals surface area contributed by atoms with Gasteiger partial charge in [0.1, 0.15) is 12.4 Å². The maximum Gasteiger partial charge on any atom is 0.275 e. The highest BCUT2D eigenvalue weighted by atomic mass is 35.5. The number of benzene rings is 1. The molecule has 0 aliphatic heterocycles. The molecule has 0 radical (unpaired) electrons. The van der Waals surface area contributed by atoms with E-state index in [1.54, 1.807) is 0 Å². The monoisotopic (exact) mass is 310 g/mol. The molecule has 1 aromatic heterocycles. The number of nitrogens with one attached hydrogen (secondary N) is 1. The molecular formula is C14H15ClN2O2S. The summed E-state index contributed by atoms with van der Waals surface area (Å²) in [6.07, 6.45) is 0.843. The zero-order chi connectivity index (χ0) is 14.5. The Bertz CT molecular complexity index is 613. The maximum absolute atomic E-state index is 11.6. The zero-order valence-corrected chi connectivity index (χ0v) is 12.6. The number of nitrogen functional groups attached to an aromatic ring is 1. The molecule has 1 heterocycles. The molecule has 0 saturated heterocycles. The van der Waals surface area contributed by atoms with Crippen LogP contribution in [-0.2, 0) is 13.0 Å². The lowest BCUT2D eigenvalue weighted by Crippen LogP contribution is -2.30. The third-order valence-electron chi connectivity index (χ3n) is 2.88. The summed E-state index contributed by atoms with van der Waals surface area (Å²) in [5.41, 5.74) is 3.98. The molecule has 4 nitrogen and oxygen atoms in total. The third kappa shape index (κ3) is 3.30. The number of halogens is 1. The Morgan fingerprint density at radius 1 is 1.40 bits per heavy atom. The van der Waals surface area contributed by atoms with E-state index in [2.05, 4.69) is 5.43 Å². The Morgan fingerprint density at radius 3 is 2.90 bits per heavy atom. The second-order valence-corrected chi connectivity index (χ2v) is 5.47. The number of rotatable bonds is 5. The van der Waals surface area contributed by atoms with Gasteiger partial charge in [-0.1, -0.05) is 18.5 Å². The van der Waals surface area contributed by atoms with Gasteiger partial charge in [0.05, 0.1) is 4.88 Å². The van der Waals surface area contributed by atoms with Gasteiger partial charge in [0.15, 0.2) is 0 Å². The first-order valence-electron chi connectivity index (χ1n) is 6.14. The van der Waals surface area contributed by atoms with Crippen LogP contribution in [0.4, 0.5) is 0 Å². The van der Waals surface area contributed by atoms with Crippen molar-refractivity contribution in [3.8, 4) is 5.75 Å². The van der Waals surface area contributed by atoms with Crippen molar-refractivity contribution in [1.29, 1.82) is 0 Å². The van der Waals surface area contributed by atoms with Crippen molar-refractivity contribution in [2.45, 2.75) is 20.0 Å². The Kier molecular flexibility index (Phi) is 5.00. The topological polar surface area (TPSA) is 64.3 Å². The Hall–Kier alpha value is -1.56. The smallest absolute Gasteiger partial charge is 0.275 e. The average molecular weight is 311 g/mol. The maximum atomic E-state index is 11.6. The number of carbonyl (C=O) groups is 1. The van der Waals surface area contributed by atoms with Crippen molar-refractivity contribution in [2.75, 3.05) is 0 Å². The van der Waals surface area contributed by atoms with Gasteiger partial charge in [0, 0.05) is 10.6 Å². The highest BCUT2D eigenvalue weighted by molar-refractivity contribution is 7.12. The first-order chi connectivity index (χ1) is 9.65. The molecule has 0 bridgehead atoms. The van der Waals surface area contributed by atoms with Crippen molar-refractivity contribution in [3.05, 3.63) is 50.7 Å². The first-order valence-corrected chi connectivity index (χ1v) is 7.40. The number of hydrogen-bond acceptors (Lipinski definition) is 4. The molecule has 1 aromatic carbocycles. The van der Waals surface area contributed by atoms with Gasteiger partial charge < -0.3 is 4.74 Å². The van der Waals surface area contributed by atoms with Crippen LogP contribution in [0, 0.1) is 0 Å². The highest BCUT2D eigenvalue weighted by Gasteiger charge is 2.12. The Morgan fingerprint density at radius 2 is 2.20 bits per heavy atom. The number of aryl methyl sites for hydroxylation is 1. The predicted octanol–water partition coefficient (Wildman–Crippen LogP) is 3.15. The van der Waals surface area contributed by atoms with Crippen LogP contribution >= 0.6 is 22.9 Å². The van der Waals surface area contributed by atoms with Crippen molar-refractivity contribution >= 4 is 28.8 Å². The lowest BCUT2D eigenvalue weighted by molar-refractivity contribution is 0.0955. The molecule has 0 unspecified atom stereocenters. The van der Waals surface area contributed by atoms with Gasteiger partial charge in [-0.2, -0.15) is 0 Å². The summed E-state index contributed by atoms with van der Waals surface area (Å²) in [6.45, 7) is 2.35. The summed E-state index contributed by atoms with van der Waals surface area (Å²) < 4.78 is 5.71. The van der Waals surface area contributed by atoms with Gasteiger partial charge in [-0.25, -0.2) is 5.84 Å². The third-order valence-corrected chi connectivity index (χ3v) is 4.20. The molecule has 0 saturated carbocycles. The fourth-order valence-corrected chi connectivity index (χ4v) is 2.85. The first kappa shape index (κ1) is 14.8. The normalized spacial score (nSPS) is 10.3. The second kappa shape index (κ2) is 6.74. The van der Waals surface area contributed by atoms with Gasteiger partial charge >= 0.3 is 0 Å². The minimum absolute atomic E-state index is 0.302. The standard InChI is InChI=1S/C14H15ClN2O2S/c1-2-9-7-11(3-4-12(9)15)19-8-10-5-6-20-13(10)14(18)17-16/h3-7H,2,8,16H2,1H3,(H,17,18). The fourth-order valence-electron chi connectivity index (χ4n) is 1.79. The largest absolute Gasteiger partial charge is 0.489 e. The molecular weight excluding hydrogens is 296 g/mol. The van der Waals surface area contributed by atoms with E-state index in [-0.39, 0.29) is 5.91 Å². The predicted molar refractivity (Wildman–Crippen MR) is 81.1 cm³/mol. The van der Waals surface area contributed by atoms with E-state index in [0.29, 0.717) is 11.5 Å². The minimum Gasteiger partial charge on any atom is -0.489 e. The van der Waals surface area contributed by atoms with Crippen molar-refractivity contribution < 1.29 is 9.53 Å². The molecule has 3 N–H and O–H groups in total. The lowest BCUT2D eigenvalue weighted by atomic mass is 10.1. The zero-order valence-electron chi connectivity index (χ0n) is 11.0. The van der Waals surface area contributed by atoms with E-state index in [1.807, 2.05) is 36.6 Å². The Balaban J connectivity index is 2.09. The van der Waals surface area contributed by atoms with Crippen LogP contribution in [0.15, 0.2) is 29.6 Å². The van der Waals surface area contributed by atoms with Crippen LogP contribution in [0.3, 0.4) is 0 Å². The number of carbonyl (C=O) groups excluding carboxylic acids is 1. The molecule has 0 atom stereocenters. The van der Waals surface area contributed by atoms with Crippen LogP contribution in [-0.4, -0.2) is 5.91 Å². The van der Waals surface area contributed by atoms with Gasteiger partial charge in [0.2, 0.25) is 0 Å². The summed E-state index contributed by atoms with van der Waals surface area (Å²) in [6, 6.07) is 7.40. The number of hydrogen-bond donors (Lipinski definition) is 2. The van der Waals surface area contributed by atoms with Crippen molar-refractivity contribution in [2.24, 2.45) is 5.84 Å². The fraction of sp³-hybridized carbons (Fsp3) is 0.214. The van der Waals surface area contributed by atoms with Crippen LogP contribution < -0.4 is 16.0 Å². The number of nitrogens with two attached hydrogens (primary N) is 1. The van der Waals surface area contributed by atoms with Crippen molar-refractivity contribution in [3.63, 3.8) is 0 Å². The number of ether oxygens (including phenoxy) is 1. The summed E-state index contributed by atoms with van der Waals surface area (Å²) >= 11 is 7.40. The summed E-state index contributed by atoms with van der Waals surface area (Å²) in [4.78, 5) is 12.1. The quantitative estimate of drug-likeness (QED) is 0.506. The van der Waals surface area contributed by atoms with Gasteiger partial charge in [-0.15, -0.1) is 11.3 Å². The van der Waals surface area contributed by atoms with Crippen LogP contribution in [0.1, 0.15) is 27.7 Å².